The van der Waals surface area contributed by atoms with Crippen molar-refractivity contribution in [2.75, 3.05) is 13.1 Å². The highest BCUT2D eigenvalue weighted by molar-refractivity contribution is 9.09. The van der Waals surface area contributed by atoms with Gasteiger partial charge in [-0.2, -0.15) is 13.2 Å². The molecule has 2 N–H and O–H groups in total. The molecular formula is C18H27BrF3N3O2. The SMILES string of the molecule is O=C(NC1CCCC(Br)N1)[C@@H]1CC(=O)N(CC2CCCC(C(F)(F)F)C2)C1. The van der Waals surface area contributed by atoms with E-state index < -0.39 is 18.0 Å². The number of hydrogen-bond acceptors (Lipinski definition) is 3. The molecule has 2 amide bonds. The second kappa shape index (κ2) is 8.68. The molecule has 2 saturated heterocycles. The van der Waals surface area contributed by atoms with Gasteiger partial charge < -0.3 is 10.2 Å². The molecule has 5 atom stereocenters. The van der Waals surface area contributed by atoms with Crippen molar-refractivity contribution in [2.45, 2.75) is 68.7 Å². The topological polar surface area (TPSA) is 61.4 Å². The van der Waals surface area contributed by atoms with Crippen molar-refractivity contribution in [1.82, 2.24) is 15.5 Å². The summed E-state index contributed by atoms with van der Waals surface area (Å²) in [5.41, 5.74) is 0. The number of hydrogen-bond donors (Lipinski definition) is 2. The minimum absolute atomic E-state index is 0.0861. The van der Waals surface area contributed by atoms with Gasteiger partial charge >= 0.3 is 6.18 Å². The molecule has 0 bridgehead atoms. The molecule has 154 valence electrons. The fourth-order valence-corrected chi connectivity index (χ4v) is 5.12. The molecule has 1 saturated carbocycles. The Morgan fingerprint density at radius 3 is 2.67 bits per heavy atom. The number of carbonyl (C=O) groups excluding carboxylic acids is 2. The monoisotopic (exact) mass is 453 g/mol. The third-order valence-corrected chi connectivity index (χ3v) is 6.68. The first-order valence-electron chi connectivity index (χ1n) is 9.77. The molecule has 0 radical (unpaired) electrons. The zero-order valence-corrected chi connectivity index (χ0v) is 16.8. The number of amides is 2. The number of likely N-dealkylation sites (tertiary alicyclic amines) is 1. The fourth-order valence-electron chi connectivity index (χ4n) is 4.48. The lowest BCUT2D eigenvalue weighted by Crippen LogP contribution is -2.52. The quantitative estimate of drug-likeness (QED) is 0.507. The summed E-state index contributed by atoms with van der Waals surface area (Å²) in [7, 11) is 0. The first-order chi connectivity index (χ1) is 12.7. The summed E-state index contributed by atoms with van der Waals surface area (Å²) in [6.45, 7) is 0.642. The van der Waals surface area contributed by atoms with Gasteiger partial charge in [0.15, 0.2) is 0 Å². The molecule has 2 heterocycles. The van der Waals surface area contributed by atoms with Crippen LogP contribution in [-0.2, 0) is 9.59 Å². The first-order valence-corrected chi connectivity index (χ1v) is 10.7. The van der Waals surface area contributed by atoms with E-state index in [1.165, 1.54) is 0 Å². The number of halogens is 4. The molecule has 9 heteroatoms. The largest absolute Gasteiger partial charge is 0.391 e. The van der Waals surface area contributed by atoms with Gasteiger partial charge in [0.1, 0.15) is 0 Å². The fraction of sp³-hybridized carbons (Fsp3) is 0.889. The molecule has 4 unspecified atom stereocenters. The van der Waals surface area contributed by atoms with Crippen LogP contribution >= 0.6 is 15.9 Å². The summed E-state index contributed by atoms with van der Waals surface area (Å²) < 4.78 is 38.9. The van der Waals surface area contributed by atoms with Crippen LogP contribution in [0.25, 0.3) is 0 Å². The third kappa shape index (κ3) is 5.59. The summed E-state index contributed by atoms with van der Waals surface area (Å²) in [5.74, 6) is -2.09. The number of carbonyl (C=O) groups is 2. The van der Waals surface area contributed by atoms with E-state index >= 15 is 0 Å². The van der Waals surface area contributed by atoms with Crippen LogP contribution in [0.2, 0.25) is 0 Å². The molecule has 3 aliphatic rings. The van der Waals surface area contributed by atoms with Crippen LogP contribution in [0.3, 0.4) is 0 Å². The first kappa shape index (κ1) is 20.9. The maximum Gasteiger partial charge on any atom is 0.391 e. The zero-order valence-electron chi connectivity index (χ0n) is 15.2. The summed E-state index contributed by atoms with van der Waals surface area (Å²) >= 11 is 3.49. The highest BCUT2D eigenvalue weighted by Gasteiger charge is 2.43. The predicted molar refractivity (Wildman–Crippen MR) is 97.8 cm³/mol. The van der Waals surface area contributed by atoms with Gasteiger partial charge in [-0.1, -0.05) is 22.4 Å². The van der Waals surface area contributed by atoms with Crippen LogP contribution in [0.15, 0.2) is 0 Å². The molecular weight excluding hydrogens is 427 g/mol. The summed E-state index contributed by atoms with van der Waals surface area (Å²) in [4.78, 5) is 26.5. The van der Waals surface area contributed by atoms with Gasteiger partial charge in [0.05, 0.1) is 23.0 Å². The number of alkyl halides is 4. The van der Waals surface area contributed by atoms with E-state index in [0.29, 0.717) is 25.9 Å². The second-order valence-electron chi connectivity index (χ2n) is 8.10. The number of nitrogens with zero attached hydrogens (tertiary/aromatic N) is 1. The Morgan fingerprint density at radius 1 is 1.22 bits per heavy atom. The zero-order chi connectivity index (χ0) is 19.6. The smallest absolute Gasteiger partial charge is 0.342 e. The lowest BCUT2D eigenvalue weighted by molar-refractivity contribution is -0.186. The molecule has 0 aromatic heterocycles. The molecule has 1 aliphatic carbocycles. The predicted octanol–water partition coefficient (Wildman–Crippen LogP) is 3.14. The van der Waals surface area contributed by atoms with Gasteiger partial charge in [-0.3, -0.25) is 14.9 Å². The van der Waals surface area contributed by atoms with Gasteiger partial charge in [0, 0.05) is 19.5 Å². The standard InChI is InChI=1S/C18H27BrF3N3O2/c19-14-5-2-6-15(23-14)24-17(27)12-8-16(26)25(10-12)9-11-3-1-4-13(7-11)18(20,21)22/h11-15,23H,1-10H2,(H,24,27)/t11?,12-,13?,14?,15?/m1/s1. The van der Waals surface area contributed by atoms with Gasteiger partial charge in [0.2, 0.25) is 11.8 Å². The van der Waals surface area contributed by atoms with Crippen molar-refractivity contribution >= 4 is 27.7 Å². The summed E-state index contributed by atoms with van der Waals surface area (Å²) in [6.07, 6.45) is 0.263. The van der Waals surface area contributed by atoms with Crippen LogP contribution in [0.1, 0.15) is 51.4 Å². The minimum atomic E-state index is -4.16. The van der Waals surface area contributed by atoms with Gasteiger partial charge in [0.25, 0.3) is 0 Å². The Hall–Kier alpha value is -0.830. The van der Waals surface area contributed by atoms with Crippen LogP contribution < -0.4 is 10.6 Å². The van der Waals surface area contributed by atoms with Crippen LogP contribution in [0.5, 0.6) is 0 Å². The molecule has 5 nitrogen and oxygen atoms in total. The number of rotatable bonds is 4. The van der Waals surface area contributed by atoms with E-state index in [-0.39, 0.29) is 48.1 Å². The highest BCUT2D eigenvalue weighted by Crippen LogP contribution is 2.40. The molecule has 2 aliphatic heterocycles. The molecule has 0 aromatic rings. The minimum Gasteiger partial charge on any atom is -0.342 e. The number of piperidine rings is 1. The van der Waals surface area contributed by atoms with Crippen molar-refractivity contribution in [3.8, 4) is 0 Å². The van der Waals surface area contributed by atoms with Gasteiger partial charge in [-0.25, -0.2) is 0 Å². The van der Waals surface area contributed by atoms with Crippen LogP contribution in [0.4, 0.5) is 13.2 Å². The normalized spacial score (nSPS) is 35.3. The van der Waals surface area contributed by atoms with Crippen LogP contribution in [-0.4, -0.2) is 47.1 Å². The van der Waals surface area contributed by atoms with Crippen molar-refractivity contribution in [3.05, 3.63) is 0 Å². The maximum atomic E-state index is 13.0. The summed E-state index contributed by atoms with van der Waals surface area (Å²) in [5, 5.41) is 6.21. The Labute approximate surface area is 165 Å². The Morgan fingerprint density at radius 2 is 1.96 bits per heavy atom. The van der Waals surface area contributed by atoms with E-state index in [4.69, 9.17) is 0 Å². The van der Waals surface area contributed by atoms with Crippen molar-refractivity contribution in [2.24, 2.45) is 17.8 Å². The highest BCUT2D eigenvalue weighted by atomic mass is 79.9. The average Bonchev–Trinajstić information content (AvgIpc) is 2.95. The van der Waals surface area contributed by atoms with E-state index in [2.05, 4.69) is 26.6 Å². The Balaban J connectivity index is 1.49. The lowest BCUT2D eigenvalue weighted by atomic mass is 9.81. The van der Waals surface area contributed by atoms with Crippen LogP contribution in [0, 0.1) is 17.8 Å². The van der Waals surface area contributed by atoms with Crippen molar-refractivity contribution in [1.29, 1.82) is 0 Å². The molecule has 3 rings (SSSR count). The maximum absolute atomic E-state index is 13.0. The Kier molecular flexibility index (Phi) is 6.71. The van der Waals surface area contributed by atoms with Gasteiger partial charge in [-0.05, 0) is 44.4 Å². The summed E-state index contributed by atoms with van der Waals surface area (Å²) in [6, 6.07) is 0. The Bertz CT molecular complexity index is 560. The number of nitrogens with one attached hydrogen (secondary N) is 2. The van der Waals surface area contributed by atoms with Gasteiger partial charge in [-0.15, -0.1) is 0 Å². The molecule has 0 spiro atoms. The lowest BCUT2D eigenvalue weighted by Gasteiger charge is -2.33. The van der Waals surface area contributed by atoms with E-state index in [9.17, 15) is 22.8 Å². The second-order valence-corrected chi connectivity index (χ2v) is 9.20. The van der Waals surface area contributed by atoms with E-state index in [1.54, 1.807) is 4.90 Å². The van der Waals surface area contributed by atoms with E-state index in [0.717, 1.165) is 19.3 Å². The molecule has 27 heavy (non-hydrogen) atoms. The molecule has 0 aromatic carbocycles. The van der Waals surface area contributed by atoms with Crippen molar-refractivity contribution < 1.29 is 22.8 Å². The van der Waals surface area contributed by atoms with Crippen molar-refractivity contribution in [3.63, 3.8) is 0 Å². The third-order valence-electron chi connectivity index (χ3n) is 5.96. The molecule has 3 fully saturated rings. The van der Waals surface area contributed by atoms with E-state index in [1.807, 2.05) is 0 Å². The average molecular weight is 454 g/mol.